The Balaban J connectivity index is 3.07. The van der Waals surface area contributed by atoms with Crippen molar-refractivity contribution < 1.29 is 4.74 Å². The van der Waals surface area contributed by atoms with Crippen LogP contribution in [0.25, 0.3) is 0 Å². The number of ether oxygens (including phenoxy) is 1. The molecule has 114 valence electrons. The van der Waals surface area contributed by atoms with Crippen LogP contribution in [0.5, 0.6) is 5.75 Å². The third kappa shape index (κ3) is 3.97. The number of hydrogen-bond acceptors (Lipinski definition) is 3. The number of unbranched alkanes of at least 4 members (excludes halogenated alkanes) is 1. The Morgan fingerprint density at radius 3 is 2.40 bits per heavy atom. The van der Waals surface area contributed by atoms with Gasteiger partial charge in [0.15, 0.2) is 0 Å². The minimum absolute atomic E-state index is 0.219. The number of aryl methyl sites for hydroxylation is 2. The molecule has 3 nitrogen and oxygen atoms in total. The molecule has 0 saturated heterocycles. The number of nitrogens with one attached hydrogen (secondary N) is 1. The van der Waals surface area contributed by atoms with Crippen LogP contribution < -0.4 is 16.0 Å². The molecule has 0 aromatic heterocycles. The molecule has 0 heterocycles. The molecule has 0 aliphatic carbocycles. The highest BCUT2D eigenvalue weighted by molar-refractivity contribution is 5.43. The first-order valence-corrected chi connectivity index (χ1v) is 7.70. The van der Waals surface area contributed by atoms with Crippen molar-refractivity contribution in [2.45, 2.75) is 59.4 Å². The van der Waals surface area contributed by atoms with E-state index in [4.69, 9.17) is 10.6 Å². The fourth-order valence-corrected chi connectivity index (χ4v) is 2.92. The van der Waals surface area contributed by atoms with Gasteiger partial charge in [0.05, 0.1) is 7.11 Å². The summed E-state index contributed by atoms with van der Waals surface area (Å²) in [5, 5.41) is 0. The molecule has 3 N–H and O–H groups in total. The lowest BCUT2D eigenvalue weighted by atomic mass is 9.85. The summed E-state index contributed by atoms with van der Waals surface area (Å²) >= 11 is 0. The first-order chi connectivity index (χ1) is 9.58. The van der Waals surface area contributed by atoms with Crippen molar-refractivity contribution >= 4 is 0 Å². The largest absolute Gasteiger partial charge is 0.496 e. The zero-order chi connectivity index (χ0) is 15.1. The van der Waals surface area contributed by atoms with Crippen molar-refractivity contribution in [3.05, 3.63) is 28.8 Å². The fraction of sp³-hybridized carbons (Fsp3) is 0.647. The van der Waals surface area contributed by atoms with Crippen molar-refractivity contribution in [2.75, 3.05) is 7.11 Å². The Labute approximate surface area is 123 Å². The Morgan fingerprint density at radius 2 is 1.90 bits per heavy atom. The Hall–Kier alpha value is -1.06. The van der Waals surface area contributed by atoms with Gasteiger partial charge in [-0.25, -0.2) is 0 Å². The number of rotatable bonds is 8. The summed E-state index contributed by atoms with van der Waals surface area (Å²) in [7, 11) is 1.72. The molecule has 0 fully saturated rings. The van der Waals surface area contributed by atoms with Gasteiger partial charge in [-0.3, -0.25) is 11.3 Å². The molecule has 0 radical (unpaired) electrons. The molecule has 0 saturated carbocycles. The average molecular weight is 278 g/mol. The lowest BCUT2D eigenvalue weighted by Gasteiger charge is -2.28. The lowest BCUT2D eigenvalue weighted by molar-refractivity contribution is 0.325. The fourth-order valence-electron chi connectivity index (χ4n) is 2.92. The molecule has 0 aliphatic rings. The summed E-state index contributed by atoms with van der Waals surface area (Å²) in [6.45, 7) is 8.70. The van der Waals surface area contributed by atoms with Crippen LogP contribution in [0.1, 0.15) is 62.3 Å². The lowest BCUT2D eigenvalue weighted by Crippen LogP contribution is -2.34. The van der Waals surface area contributed by atoms with Gasteiger partial charge in [-0.1, -0.05) is 39.2 Å². The summed E-state index contributed by atoms with van der Waals surface area (Å²) in [5.74, 6) is 7.38. The highest BCUT2D eigenvalue weighted by Gasteiger charge is 2.22. The number of methoxy groups -OCH3 is 1. The minimum Gasteiger partial charge on any atom is -0.496 e. The summed E-state index contributed by atoms with van der Waals surface area (Å²) in [4.78, 5) is 0. The van der Waals surface area contributed by atoms with Gasteiger partial charge < -0.3 is 4.74 Å². The third-order valence-electron chi connectivity index (χ3n) is 4.22. The topological polar surface area (TPSA) is 47.3 Å². The maximum Gasteiger partial charge on any atom is 0.122 e. The molecule has 0 spiro atoms. The Bertz CT molecular complexity index is 418. The van der Waals surface area contributed by atoms with Crippen LogP contribution in [0.2, 0.25) is 0 Å². The van der Waals surface area contributed by atoms with Crippen molar-refractivity contribution in [3.8, 4) is 5.75 Å². The predicted octanol–water partition coefficient (Wildman–Crippen LogP) is 4.03. The van der Waals surface area contributed by atoms with Crippen LogP contribution in [-0.2, 0) is 0 Å². The van der Waals surface area contributed by atoms with E-state index in [1.807, 2.05) is 0 Å². The second kappa shape index (κ2) is 8.28. The number of hydrazine groups is 1. The maximum absolute atomic E-state index is 5.86. The molecule has 1 aromatic rings. The second-order valence-electron chi connectivity index (χ2n) is 5.63. The summed E-state index contributed by atoms with van der Waals surface area (Å²) in [6, 6.07) is 4.55. The van der Waals surface area contributed by atoms with E-state index in [-0.39, 0.29) is 6.04 Å². The molecule has 0 aliphatic heterocycles. The van der Waals surface area contributed by atoms with Crippen LogP contribution in [-0.4, -0.2) is 7.11 Å². The molecular weight excluding hydrogens is 248 g/mol. The van der Waals surface area contributed by atoms with Crippen molar-refractivity contribution in [2.24, 2.45) is 11.8 Å². The van der Waals surface area contributed by atoms with Gasteiger partial charge in [-0.2, -0.15) is 0 Å². The SMILES string of the molecule is CCCCC(CC)C(NN)c1cc(C)c(OC)cc1C. The molecule has 0 amide bonds. The van der Waals surface area contributed by atoms with E-state index in [2.05, 4.69) is 45.3 Å². The number of benzene rings is 1. The predicted molar refractivity (Wildman–Crippen MR) is 85.8 cm³/mol. The van der Waals surface area contributed by atoms with Crippen molar-refractivity contribution in [1.29, 1.82) is 0 Å². The third-order valence-corrected chi connectivity index (χ3v) is 4.22. The van der Waals surface area contributed by atoms with Crippen LogP contribution >= 0.6 is 0 Å². The van der Waals surface area contributed by atoms with E-state index in [1.54, 1.807) is 7.11 Å². The number of nitrogens with two attached hydrogens (primary N) is 1. The normalized spacial score (nSPS) is 14.1. The Kier molecular flexibility index (Phi) is 7.03. The highest BCUT2D eigenvalue weighted by Crippen LogP contribution is 2.33. The molecule has 3 heteroatoms. The van der Waals surface area contributed by atoms with E-state index < -0.39 is 0 Å². The van der Waals surface area contributed by atoms with E-state index in [1.165, 1.54) is 36.0 Å². The van der Waals surface area contributed by atoms with Gasteiger partial charge in [-0.05, 0) is 48.9 Å². The molecule has 20 heavy (non-hydrogen) atoms. The second-order valence-corrected chi connectivity index (χ2v) is 5.63. The van der Waals surface area contributed by atoms with E-state index in [0.29, 0.717) is 5.92 Å². The van der Waals surface area contributed by atoms with Gasteiger partial charge in [0, 0.05) is 6.04 Å². The molecule has 2 unspecified atom stereocenters. The monoisotopic (exact) mass is 278 g/mol. The summed E-state index contributed by atoms with van der Waals surface area (Å²) < 4.78 is 5.39. The quantitative estimate of drug-likeness (QED) is 0.557. The standard InChI is InChI=1S/C17H30N2O/c1-6-8-9-14(7-2)17(19-18)15-10-13(4)16(20-5)11-12(15)3/h10-11,14,17,19H,6-9,18H2,1-5H3. The van der Waals surface area contributed by atoms with Gasteiger partial charge in [0.2, 0.25) is 0 Å². The zero-order valence-electron chi connectivity index (χ0n) is 13.6. The van der Waals surface area contributed by atoms with Crippen LogP contribution in [0, 0.1) is 19.8 Å². The summed E-state index contributed by atoms with van der Waals surface area (Å²) in [5.41, 5.74) is 6.75. The van der Waals surface area contributed by atoms with Crippen LogP contribution in [0.15, 0.2) is 12.1 Å². The van der Waals surface area contributed by atoms with Gasteiger partial charge >= 0.3 is 0 Å². The average Bonchev–Trinajstić information content (AvgIpc) is 2.46. The first-order valence-electron chi connectivity index (χ1n) is 7.70. The summed E-state index contributed by atoms with van der Waals surface area (Å²) in [6.07, 6.45) is 4.84. The van der Waals surface area contributed by atoms with Crippen molar-refractivity contribution in [3.63, 3.8) is 0 Å². The van der Waals surface area contributed by atoms with Crippen LogP contribution in [0.4, 0.5) is 0 Å². The molecule has 0 bridgehead atoms. The van der Waals surface area contributed by atoms with E-state index in [9.17, 15) is 0 Å². The molecule has 2 atom stereocenters. The maximum atomic E-state index is 5.86. The van der Waals surface area contributed by atoms with Gasteiger partial charge in [-0.15, -0.1) is 0 Å². The minimum atomic E-state index is 0.219. The number of hydrogen-bond donors (Lipinski definition) is 2. The van der Waals surface area contributed by atoms with E-state index >= 15 is 0 Å². The zero-order valence-corrected chi connectivity index (χ0v) is 13.6. The first kappa shape index (κ1) is 17.0. The van der Waals surface area contributed by atoms with Gasteiger partial charge in [0.25, 0.3) is 0 Å². The van der Waals surface area contributed by atoms with Crippen LogP contribution in [0.3, 0.4) is 0 Å². The van der Waals surface area contributed by atoms with Crippen molar-refractivity contribution in [1.82, 2.24) is 5.43 Å². The van der Waals surface area contributed by atoms with E-state index in [0.717, 1.165) is 12.2 Å². The molecule has 1 aromatic carbocycles. The Morgan fingerprint density at radius 1 is 1.20 bits per heavy atom. The smallest absolute Gasteiger partial charge is 0.122 e. The van der Waals surface area contributed by atoms with Gasteiger partial charge in [0.1, 0.15) is 5.75 Å². The molecule has 1 rings (SSSR count). The molecular formula is C17H30N2O. The highest BCUT2D eigenvalue weighted by atomic mass is 16.5.